The molecular formula is C19H29BrFN3O. The molecule has 0 saturated carbocycles. The Morgan fingerprint density at radius 2 is 2.16 bits per heavy atom. The van der Waals surface area contributed by atoms with E-state index in [2.05, 4.69) is 40.1 Å². The molecule has 0 radical (unpaired) electrons. The molecular weight excluding hydrogens is 385 g/mol. The molecule has 0 bridgehead atoms. The molecule has 1 fully saturated rings. The van der Waals surface area contributed by atoms with Gasteiger partial charge in [0.1, 0.15) is 5.82 Å². The summed E-state index contributed by atoms with van der Waals surface area (Å²) in [7, 11) is 2.09. The van der Waals surface area contributed by atoms with Crippen LogP contribution in [0.2, 0.25) is 0 Å². The minimum Gasteiger partial charge on any atom is -0.381 e. The van der Waals surface area contributed by atoms with E-state index in [1.165, 1.54) is 25.3 Å². The first-order valence-corrected chi connectivity index (χ1v) is 9.90. The molecule has 1 heterocycles. The van der Waals surface area contributed by atoms with Crippen LogP contribution in [0.1, 0.15) is 31.7 Å². The number of nitrogens with zero attached hydrogens (tertiary/aromatic N) is 2. The maximum atomic E-state index is 13.3. The van der Waals surface area contributed by atoms with Crippen molar-refractivity contribution < 1.29 is 9.13 Å². The summed E-state index contributed by atoms with van der Waals surface area (Å²) in [6.07, 6.45) is 4.30. The van der Waals surface area contributed by atoms with E-state index in [1.807, 2.05) is 12.1 Å². The van der Waals surface area contributed by atoms with Gasteiger partial charge in [0.25, 0.3) is 0 Å². The average molecular weight is 414 g/mol. The van der Waals surface area contributed by atoms with Crippen LogP contribution >= 0.6 is 15.9 Å². The second kappa shape index (κ2) is 10.8. The first-order valence-electron chi connectivity index (χ1n) is 9.11. The number of nitrogens with one attached hydrogen (secondary N) is 1. The van der Waals surface area contributed by atoms with Gasteiger partial charge in [0.05, 0.1) is 4.47 Å². The van der Waals surface area contributed by atoms with Crippen molar-refractivity contribution in [2.75, 3.05) is 39.9 Å². The van der Waals surface area contributed by atoms with Gasteiger partial charge in [-0.25, -0.2) is 4.39 Å². The van der Waals surface area contributed by atoms with Gasteiger partial charge in [0, 0.05) is 39.9 Å². The number of guanidine groups is 1. The zero-order valence-electron chi connectivity index (χ0n) is 15.2. The van der Waals surface area contributed by atoms with Gasteiger partial charge in [-0.15, -0.1) is 0 Å². The molecule has 6 heteroatoms. The van der Waals surface area contributed by atoms with E-state index in [9.17, 15) is 4.39 Å². The molecule has 0 amide bonds. The zero-order valence-corrected chi connectivity index (χ0v) is 16.8. The highest BCUT2D eigenvalue weighted by Crippen LogP contribution is 2.19. The Hall–Kier alpha value is -1.14. The molecule has 140 valence electrons. The molecule has 1 aromatic carbocycles. The minimum atomic E-state index is -0.228. The predicted octanol–water partition coefficient (Wildman–Crippen LogP) is 3.84. The largest absolute Gasteiger partial charge is 0.381 e. The van der Waals surface area contributed by atoms with Crippen LogP contribution in [0.15, 0.2) is 27.7 Å². The molecule has 0 aromatic heterocycles. The number of hydrogen-bond donors (Lipinski definition) is 1. The van der Waals surface area contributed by atoms with Gasteiger partial charge in [0.2, 0.25) is 0 Å². The monoisotopic (exact) mass is 413 g/mol. The lowest BCUT2D eigenvalue weighted by atomic mass is 9.96. The third kappa shape index (κ3) is 6.94. The first kappa shape index (κ1) is 20.2. The van der Waals surface area contributed by atoms with Crippen molar-refractivity contribution in [3.05, 3.63) is 34.1 Å². The van der Waals surface area contributed by atoms with Crippen LogP contribution in [-0.2, 0) is 11.2 Å². The normalized spacial score (nSPS) is 16.1. The van der Waals surface area contributed by atoms with E-state index in [1.54, 1.807) is 0 Å². The van der Waals surface area contributed by atoms with Gasteiger partial charge < -0.3 is 15.0 Å². The highest BCUT2D eigenvalue weighted by molar-refractivity contribution is 9.10. The quantitative estimate of drug-likeness (QED) is 0.544. The Morgan fingerprint density at radius 1 is 1.40 bits per heavy atom. The van der Waals surface area contributed by atoms with Crippen LogP contribution in [0.25, 0.3) is 0 Å². The van der Waals surface area contributed by atoms with Crippen LogP contribution in [-0.4, -0.2) is 50.8 Å². The van der Waals surface area contributed by atoms with Gasteiger partial charge >= 0.3 is 0 Å². The molecule has 0 spiro atoms. The number of ether oxygens (including phenoxy) is 1. The Balaban J connectivity index is 1.84. The van der Waals surface area contributed by atoms with Gasteiger partial charge in [-0.2, -0.15) is 0 Å². The van der Waals surface area contributed by atoms with Crippen molar-refractivity contribution in [3.8, 4) is 0 Å². The summed E-state index contributed by atoms with van der Waals surface area (Å²) in [6.45, 7) is 6.41. The summed E-state index contributed by atoms with van der Waals surface area (Å²) in [5, 5.41) is 3.36. The van der Waals surface area contributed by atoms with Gasteiger partial charge in [-0.1, -0.05) is 6.07 Å². The predicted molar refractivity (Wildman–Crippen MR) is 105 cm³/mol. The molecule has 1 aliphatic rings. The number of benzene rings is 1. The molecule has 0 aliphatic carbocycles. The van der Waals surface area contributed by atoms with Crippen molar-refractivity contribution in [1.82, 2.24) is 10.2 Å². The fourth-order valence-electron chi connectivity index (χ4n) is 2.97. The van der Waals surface area contributed by atoms with E-state index >= 15 is 0 Å². The standard InChI is InChI=1S/C19H29BrFN3O/c1-3-22-19(24(2)11-7-15-8-12-25-13-9-15)23-10-6-16-4-5-18(21)17(20)14-16/h4-5,14-15H,3,6-13H2,1-2H3,(H,22,23). The highest BCUT2D eigenvalue weighted by Gasteiger charge is 2.15. The lowest BCUT2D eigenvalue weighted by molar-refractivity contribution is 0.0625. The number of halogens is 2. The Labute approximate surface area is 159 Å². The van der Waals surface area contributed by atoms with Crippen molar-refractivity contribution in [1.29, 1.82) is 0 Å². The second-order valence-corrected chi connectivity index (χ2v) is 7.35. The van der Waals surface area contributed by atoms with Crippen molar-refractivity contribution >= 4 is 21.9 Å². The van der Waals surface area contributed by atoms with Crippen LogP contribution in [0.3, 0.4) is 0 Å². The Kier molecular flexibility index (Phi) is 8.68. The molecule has 1 aliphatic heterocycles. The molecule has 1 N–H and O–H groups in total. The highest BCUT2D eigenvalue weighted by atomic mass is 79.9. The number of hydrogen-bond acceptors (Lipinski definition) is 2. The summed E-state index contributed by atoms with van der Waals surface area (Å²) in [6, 6.07) is 5.14. The lowest BCUT2D eigenvalue weighted by Crippen LogP contribution is -2.40. The molecule has 1 saturated heterocycles. The first-order chi connectivity index (χ1) is 12.1. The minimum absolute atomic E-state index is 0.228. The van der Waals surface area contributed by atoms with Crippen LogP contribution < -0.4 is 5.32 Å². The molecule has 1 aromatic rings. The van der Waals surface area contributed by atoms with E-state index < -0.39 is 0 Å². The smallest absolute Gasteiger partial charge is 0.193 e. The second-order valence-electron chi connectivity index (χ2n) is 6.50. The SMILES string of the molecule is CCNC(=NCCc1ccc(F)c(Br)c1)N(C)CCC1CCOCC1. The van der Waals surface area contributed by atoms with E-state index in [-0.39, 0.29) is 5.82 Å². The zero-order chi connectivity index (χ0) is 18.1. The molecule has 2 rings (SSSR count). The molecule has 4 nitrogen and oxygen atoms in total. The fourth-order valence-corrected chi connectivity index (χ4v) is 3.40. The van der Waals surface area contributed by atoms with Crippen LogP contribution in [0.4, 0.5) is 4.39 Å². The van der Waals surface area contributed by atoms with Gasteiger partial charge in [-0.3, -0.25) is 4.99 Å². The van der Waals surface area contributed by atoms with Crippen LogP contribution in [0.5, 0.6) is 0 Å². The number of rotatable bonds is 7. The van der Waals surface area contributed by atoms with E-state index in [0.717, 1.165) is 50.2 Å². The third-order valence-corrected chi connectivity index (χ3v) is 5.16. The third-order valence-electron chi connectivity index (χ3n) is 4.56. The Bertz CT molecular complexity index is 562. The molecule has 25 heavy (non-hydrogen) atoms. The van der Waals surface area contributed by atoms with Crippen molar-refractivity contribution in [3.63, 3.8) is 0 Å². The summed E-state index contributed by atoms with van der Waals surface area (Å²) < 4.78 is 19.2. The summed E-state index contributed by atoms with van der Waals surface area (Å²) in [4.78, 5) is 6.93. The molecule has 0 unspecified atom stereocenters. The van der Waals surface area contributed by atoms with Crippen molar-refractivity contribution in [2.24, 2.45) is 10.9 Å². The van der Waals surface area contributed by atoms with Gasteiger partial charge in [-0.05, 0) is 72.2 Å². The molecule has 0 atom stereocenters. The summed E-state index contributed by atoms with van der Waals surface area (Å²) >= 11 is 3.23. The average Bonchev–Trinajstić information content (AvgIpc) is 2.63. The topological polar surface area (TPSA) is 36.9 Å². The summed E-state index contributed by atoms with van der Waals surface area (Å²) in [5.74, 6) is 1.47. The number of aliphatic imine (C=N–C) groups is 1. The van der Waals surface area contributed by atoms with Crippen LogP contribution in [0, 0.1) is 11.7 Å². The van der Waals surface area contributed by atoms with E-state index in [4.69, 9.17) is 9.73 Å². The Morgan fingerprint density at radius 3 is 2.84 bits per heavy atom. The van der Waals surface area contributed by atoms with Gasteiger partial charge in [0.15, 0.2) is 5.96 Å². The van der Waals surface area contributed by atoms with E-state index in [0.29, 0.717) is 11.0 Å². The maximum Gasteiger partial charge on any atom is 0.193 e. The van der Waals surface area contributed by atoms with Crippen molar-refractivity contribution in [2.45, 2.75) is 32.6 Å². The lowest BCUT2D eigenvalue weighted by Gasteiger charge is -2.26. The summed E-state index contributed by atoms with van der Waals surface area (Å²) in [5.41, 5.74) is 1.08. The maximum absolute atomic E-state index is 13.3. The fraction of sp³-hybridized carbons (Fsp3) is 0.632.